The number of carbonyl (C=O) groups is 1. The van der Waals surface area contributed by atoms with E-state index in [1.807, 2.05) is 17.5 Å². The van der Waals surface area contributed by atoms with Gasteiger partial charge in [0.2, 0.25) is 10.0 Å². The van der Waals surface area contributed by atoms with Gasteiger partial charge in [-0.25, -0.2) is 23.7 Å². The first kappa shape index (κ1) is 21.9. The maximum absolute atomic E-state index is 12.6. The van der Waals surface area contributed by atoms with E-state index in [9.17, 15) is 13.2 Å². The molecule has 2 aromatic carbocycles. The van der Waals surface area contributed by atoms with Gasteiger partial charge < -0.3 is 0 Å². The lowest BCUT2D eigenvalue weighted by Gasteiger charge is -2.07. The van der Waals surface area contributed by atoms with Crippen molar-refractivity contribution in [3.8, 4) is 16.3 Å². The molecule has 32 heavy (non-hydrogen) atoms. The molecule has 2 aromatic heterocycles. The fourth-order valence-corrected chi connectivity index (χ4v) is 4.21. The molecule has 0 radical (unpaired) electrons. The average Bonchev–Trinajstić information content (AvgIpc) is 3.44. The summed E-state index contributed by atoms with van der Waals surface area (Å²) in [6.07, 6.45) is 1.50. The van der Waals surface area contributed by atoms with E-state index in [1.54, 1.807) is 47.1 Å². The number of hydrazone groups is 1. The largest absolute Gasteiger partial charge is 0.291 e. The van der Waals surface area contributed by atoms with Gasteiger partial charge in [0.1, 0.15) is 0 Å². The highest BCUT2D eigenvalue weighted by molar-refractivity contribution is 7.89. The number of nitrogens with two attached hydrogens (primary N) is 1. The molecule has 4 aromatic rings. The minimum atomic E-state index is -3.81. The molecule has 0 aliphatic rings. The zero-order valence-corrected chi connectivity index (χ0v) is 18.7. The molecule has 0 unspecified atom stereocenters. The first-order chi connectivity index (χ1) is 15.3. The molecule has 0 aliphatic heterocycles. The molecule has 162 valence electrons. The van der Waals surface area contributed by atoms with Crippen molar-refractivity contribution in [3.63, 3.8) is 0 Å². The first-order valence-electron chi connectivity index (χ1n) is 9.17. The molecule has 3 N–H and O–H groups in total. The van der Waals surface area contributed by atoms with E-state index in [1.165, 1.54) is 29.7 Å². The Morgan fingerprint density at radius 1 is 1.12 bits per heavy atom. The summed E-state index contributed by atoms with van der Waals surface area (Å²) in [5, 5.41) is 16.1. The fraction of sp³-hybridized carbons (Fsp3) is 0. The number of rotatable bonds is 6. The monoisotopic (exact) mass is 485 g/mol. The third-order valence-electron chi connectivity index (χ3n) is 4.38. The standard InChI is InChI=1S/C21H16ClN5O3S2/c22-15-5-3-14(4-6-15)13-24-25-21(28)18-12-19(20-2-1-11-31-20)27(26-18)16-7-9-17(10-8-16)32(23,29)30/h1-13H,(H,25,28)(H2,23,29,30)/b24-13-. The maximum Gasteiger partial charge on any atom is 0.291 e. The second-order valence-corrected chi connectivity index (χ2v) is 9.54. The van der Waals surface area contributed by atoms with Crippen LogP contribution in [0.1, 0.15) is 16.1 Å². The molecule has 0 atom stereocenters. The lowest BCUT2D eigenvalue weighted by atomic mass is 10.2. The molecule has 0 bridgehead atoms. The smallest absolute Gasteiger partial charge is 0.265 e. The molecular formula is C21H16ClN5O3S2. The van der Waals surface area contributed by atoms with Crippen LogP contribution in [-0.4, -0.2) is 30.3 Å². The van der Waals surface area contributed by atoms with Gasteiger partial charge in [-0.15, -0.1) is 11.3 Å². The highest BCUT2D eigenvalue weighted by Crippen LogP contribution is 2.28. The average molecular weight is 486 g/mol. The van der Waals surface area contributed by atoms with Crippen LogP contribution in [-0.2, 0) is 10.0 Å². The third kappa shape index (κ3) is 4.94. The quantitative estimate of drug-likeness (QED) is 0.320. The molecule has 0 saturated carbocycles. The maximum atomic E-state index is 12.6. The Morgan fingerprint density at radius 3 is 2.47 bits per heavy atom. The van der Waals surface area contributed by atoms with Crippen molar-refractivity contribution in [3.05, 3.63) is 88.4 Å². The van der Waals surface area contributed by atoms with E-state index in [0.29, 0.717) is 16.4 Å². The Kier molecular flexibility index (Phi) is 6.19. The number of nitrogens with zero attached hydrogens (tertiary/aromatic N) is 3. The second-order valence-electron chi connectivity index (χ2n) is 6.59. The zero-order chi connectivity index (χ0) is 22.7. The molecule has 1 amide bonds. The van der Waals surface area contributed by atoms with E-state index < -0.39 is 15.9 Å². The predicted octanol–water partition coefficient (Wildman–Crippen LogP) is 3.67. The molecule has 8 nitrogen and oxygen atoms in total. The number of nitrogens with one attached hydrogen (secondary N) is 1. The SMILES string of the molecule is NS(=O)(=O)c1ccc(-n2nc(C(=O)N/N=C\c3ccc(Cl)cc3)cc2-c2cccs2)cc1. The summed E-state index contributed by atoms with van der Waals surface area (Å²) in [7, 11) is -3.81. The summed E-state index contributed by atoms with van der Waals surface area (Å²) in [6, 6.07) is 18.3. The van der Waals surface area contributed by atoms with Gasteiger partial charge in [0, 0.05) is 5.02 Å². The van der Waals surface area contributed by atoms with Crippen molar-refractivity contribution in [2.75, 3.05) is 0 Å². The minimum absolute atomic E-state index is 0.0133. The van der Waals surface area contributed by atoms with E-state index >= 15 is 0 Å². The van der Waals surface area contributed by atoms with Crippen LogP contribution >= 0.6 is 22.9 Å². The number of aromatic nitrogens is 2. The second kappa shape index (κ2) is 9.05. The number of amides is 1. The van der Waals surface area contributed by atoms with Crippen LogP contribution in [0.3, 0.4) is 0 Å². The first-order valence-corrected chi connectivity index (χ1v) is 12.0. The molecule has 11 heteroatoms. The van der Waals surface area contributed by atoms with E-state index in [2.05, 4.69) is 15.6 Å². The van der Waals surface area contributed by atoms with Gasteiger partial charge in [-0.2, -0.15) is 10.2 Å². The number of hydrogen-bond acceptors (Lipinski definition) is 6. The summed E-state index contributed by atoms with van der Waals surface area (Å²) in [4.78, 5) is 13.5. The normalized spacial score (nSPS) is 11.7. The minimum Gasteiger partial charge on any atom is -0.265 e. The Balaban J connectivity index is 1.62. The van der Waals surface area contributed by atoms with Gasteiger partial charge >= 0.3 is 0 Å². The third-order valence-corrected chi connectivity index (χ3v) is 6.45. The van der Waals surface area contributed by atoms with E-state index in [-0.39, 0.29) is 10.6 Å². The molecule has 0 aliphatic carbocycles. The van der Waals surface area contributed by atoms with Crippen LogP contribution in [0.25, 0.3) is 16.3 Å². The number of sulfonamides is 1. The van der Waals surface area contributed by atoms with Crippen molar-refractivity contribution in [2.45, 2.75) is 4.90 Å². The van der Waals surface area contributed by atoms with Gasteiger partial charge in [-0.05, 0) is 59.5 Å². The van der Waals surface area contributed by atoms with Crippen LogP contribution in [0.15, 0.2) is 82.1 Å². The van der Waals surface area contributed by atoms with Crippen LogP contribution in [0.2, 0.25) is 5.02 Å². The molecule has 0 saturated heterocycles. The number of primary sulfonamides is 1. The fourth-order valence-electron chi connectivity index (χ4n) is 2.84. The van der Waals surface area contributed by atoms with Crippen molar-refractivity contribution < 1.29 is 13.2 Å². The predicted molar refractivity (Wildman–Crippen MR) is 125 cm³/mol. The lowest BCUT2D eigenvalue weighted by molar-refractivity contribution is 0.0949. The summed E-state index contributed by atoms with van der Waals surface area (Å²) >= 11 is 7.34. The Hall–Kier alpha value is -3.31. The summed E-state index contributed by atoms with van der Waals surface area (Å²) in [6.45, 7) is 0. The van der Waals surface area contributed by atoms with Gasteiger partial charge in [0.25, 0.3) is 5.91 Å². The number of halogens is 1. The van der Waals surface area contributed by atoms with Gasteiger partial charge in [0.05, 0.1) is 27.4 Å². The summed E-state index contributed by atoms with van der Waals surface area (Å²) in [5.74, 6) is -0.493. The summed E-state index contributed by atoms with van der Waals surface area (Å²) < 4.78 is 24.6. The highest BCUT2D eigenvalue weighted by Gasteiger charge is 2.18. The molecule has 0 fully saturated rings. The highest BCUT2D eigenvalue weighted by atomic mass is 35.5. The lowest BCUT2D eigenvalue weighted by Crippen LogP contribution is -2.18. The Bertz CT molecular complexity index is 1380. The molecule has 0 spiro atoms. The van der Waals surface area contributed by atoms with Crippen LogP contribution < -0.4 is 10.6 Å². The molecular weight excluding hydrogens is 470 g/mol. The molecule has 2 heterocycles. The summed E-state index contributed by atoms with van der Waals surface area (Å²) in [5.41, 5.74) is 4.63. The number of carbonyl (C=O) groups excluding carboxylic acids is 1. The number of thiophene rings is 1. The van der Waals surface area contributed by atoms with Gasteiger partial charge in [-0.1, -0.05) is 29.8 Å². The van der Waals surface area contributed by atoms with Crippen molar-refractivity contribution >= 4 is 45.1 Å². The molecule has 4 rings (SSSR count). The van der Waals surface area contributed by atoms with Crippen LogP contribution in [0, 0.1) is 0 Å². The topological polar surface area (TPSA) is 119 Å². The van der Waals surface area contributed by atoms with Crippen molar-refractivity contribution in [1.82, 2.24) is 15.2 Å². The number of benzene rings is 2. The van der Waals surface area contributed by atoms with Crippen LogP contribution in [0.5, 0.6) is 0 Å². The van der Waals surface area contributed by atoms with E-state index in [4.69, 9.17) is 16.7 Å². The zero-order valence-electron chi connectivity index (χ0n) is 16.3. The van der Waals surface area contributed by atoms with Crippen molar-refractivity contribution in [2.24, 2.45) is 10.2 Å². The Morgan fingerprint density at radius 2 is 1.84 bits per heavy atom. The van der Waals surface area contributed by atoms with E-state index in [0.717, 1.165) is 10.4 Å². The van der Waals surface area contributed by atoms with Gasteiger partial charge in [0.15, 0.2) is 5.69 Å². The number of hydrogen-bond donors (Lipinski definition) is 2. The Labute approximate surface area is 193 Å². The van der Waals surface area contributed by atoms with Crippen LogP contribution in [0.4, 0.5) is 0 Å². The van der Waals surface area contributed by atoms with Gasteiger partial charge in [-0.3, -0.25) is 4.79 Å². The van der Waals surface area contributed by atoms with Crippen molar-refractivity contribution in [1.29, 1.82) is 0 Å².